The Morgan fingerprint density at radius 1 is 1.24 bits per heavy atom. The van der Waals surface area contributed by atoms with Crippen molar-refractivity contribution in [3.63, 3.8) is 0 Å². The fourth-order valence-corrected chi connectivity index (χ4v) is 7.10. The van der Waals surface area contributed by atoms with Gasteiger partial charge < -0.3 is 34.3 Å². The maximum atomic E-state index is 12.9. The van der Waals surface area contributed by atoms with Gasteiger partial charge in [-0.2, -0.15) is 0 Å². The van der Waals surface area contributed by atoms with E-state index in [1.165, 1.54) is 14.0 Å². The first-order chi connectivity index (χ1) is 13.4. The molecule has 0 aromatic heterocycles. The number of aliphatic hydroxyl groups is 3. The number of epoxide rings is 1. The predicted molar refractivity (Wildman–Crippen MR) is 94.3 cm³/mol. The average molecular weight is 412 g/mol. The van der Waals surface area contributed by atoms with Crippen LogP contribution < -0.4 is 0 Å². The summed E-state index contributed by atoms with van der Waals surface area (Å²) in [6.45, 7) is 6.42. The van der Waals surface area contributed by atoms with Crippen LogP contribution in [0.15, 0.2) is 0 Å². The molecule has 0 amide bonds. The molecule has 2 bridgehead atoms. The Morgan fingerprint density at radius 3 is 2.41 bits per heavy atom. The van der Waals surface area contributed by atoms with Gasteiger partial charge in [-0.1, -0.05) is 6.92 Å². The summed E-state index contributed by atoms with van der Waals surface area (Å²) in [6, 6.07) is 0. The highest BCUT2D eigenvalue weighted by Crippen LogP contribution is 2.75. The van der Waals surface area contributed by atoms with Crippen LogP contribution in [0, 0.1) is 23.2 Å². The number of esters is 2. The minimum Gasteiger partial charge on any atom is -0.459 e. The maximum Gasteiger partial charge on any atom is 0.312 e. The van der Waals surface area contributed by atoms with E-state index in [4.69, 9.17) is 18.9 Å². The van der Waals surface area contributed by atoms with E-state index >= 15 is 0 Å². The zero-order valence-electron chi connectivity index (χ0n) is 17.1. The topological polar surface area (TPSA) is 135 Å². The Bertz CT molecular complexity index is 789. The fraction of sp³-hybridized carbons (Fsp3) is 0.900. The lowest BCUT2D eigenvalue weighted by Crippen LogP contribution is -2.74. The van der Waals surface area contributed by atoms with E-state index in [1.54, 1.807) is 20.8 Å². The smallest absolute Gasteiger partial charge is 0.312 e. The van der Waals surface area contributed by atoms with Crippen molar-refractivity contribution in [2.45, 2.75) is 81.4 Å². The van der Waals surface area contributed by atoms with Crippen LogP contribution in [0.1, 0.15) is 34.1 Å². The van der Waals surface area contributed by atoms with Gasteiger partial charge in [0.25, 0.3) is 0 Å². The number of fused-ring (bicyclic) bond motifs is 8. The van der Waals surface area contributed by atoms with E-state index in [0.29, 0.717) is 0 Å². The molecule has 5 rings (SSSR count). The van der Waals surface area contributed by atoms with E-state index < -0.39 is 82.4 Å². The van der Waals surface area contributed by atoms with Gasteiger partial charge >= 0.3 is 11.9 Å². The monoisotopic (exact) mass is 412 g/mol. The lowest BCUT2D eigenvalue weighted by atomic mass is 9.49. The standard InChI is InChI=1S/C20H28O9/c1-7(21)8-6-19(29-15(8)22)13-14(28-13)20(25)10-9(17(2,3)24)11(27-16(10)23)12(26-5)18(19,20)4/h7-14,21,24-25H,6H2,1-5H3. The highest BCUT2D eigenvalue weighted by atomic mass is 16.7. The fourth-order valence-electron chi connectivity index (χ4n) is 7.10. The Morgan fingerprint density at radius 2 is 1.90 bits per heavy atom. The molecule has 0 aromatic carbocycles. The van der Waals surface area contributed by atoms with Crippen LogP contribution in [0.3, 0.4) is 0 Å². The maximum absolute atomic E-state index is 12.9. The van der Waals surface area contributed by atoms with Crippen LogP contribution in [0.5, 0.6) is 0 Å². The molecule has 162 valence electrons. The summed E-state index contributed by atoms with van der Waals surface area (Å²) in [5.41, 5.74) is -5.59. The van der Waals surface area contributed by atoms with Crippen molar-refractivity contribution in [2.75, 3.05) is 7.11 Å². The second-order valence-corrected chi connectivity index (χ2v) is 10.1. The molecule has 9 nitrogen and oxygen atoms in total. The van der Waals surface area contributed by atoms with Gasteiger partial charge in [0.15, 0.2) is 5.60 Å². The first-order valence-electron chi connectivity index (χ1n) is 10.1. The van der Waals surface area contributed by atoms with Gasteiger partial charge in [-0.05, 0) is 20.8 Å². The third-order valence-electron chi connectivity index (χ3n) is 8.42. The highest BCUT2D eigenvalue weighted by molar-refractivity contribution is 5.81. The second-order valence-electron chi connectivity index (χ2n) is 10.1. The van der Waals surface area contributed by atoms with Crippen molar-refractivity contribution in [1.29, 1.82) is 0 Å². The largest absolute Gasteiger partial charge is 0.459 e. The van der Waals surface area contributed by atoms with Gasteiger partial charge in [0, 0.05) is 19.4 Å². The van der Waals surface area contributed by atoms with Gasteiger partial charge in [-0.15, -0.1) is 0 Å². The molecule has 5 fully saturated rings. The summed E-state index contributed by atoms with van der Waals surface area (Å²) in [5, 5.41) is 33.1. The zero-order valence-corrected chi connectivity index (χ0v) is 17.1. The predicted octanol–water partition coefficient (Wildman–Crippen LogP) is -0.855. The number of hydrogen-bond acceptors (Lipinski definition) is 9. The van der Waals surface area contributed by atoms with E-state index in [2.05, 4.69) is 0 Å². The second kappa shape index (κ2) is 5.31. The molecular weight excluding hydrogens is 384 g/mol. The lowest BCUT2D eigenvalue weighted by molar-refractivity contribution is -0.291. The third kappa shape index (κ3) is 1.90. The van der Waals surface area contributed by atoms with Gasteiger partial charge in [-0.3, -0.25) is 9.59 Å². The molecule has 3 heterocycles. The first kappa shape index (κ1) is 19.7. The summed E-state index contributed by atoms with van der Waals surface area (Å²) in [6.07, 6.45) is -3.82. The number of carbonyl (C=O) groups is 2. The highest BCUT2D eigenvalue weighted by Gasteiger charge is 2.93. The normalized spacial score (nSPS) is 56.1. The molecule has 29 heavy (non-hydrogen) atoms. The zero-order chi connectivity index (χ0) is 21.3. The molecule has 2 aliphatic carbocycles. The minimum atomic E-state index is -1.76. The van der Waals surface area contributed by atoms with E-state index in [0.717, 1.165) is 0 Å². The van der Waals surface area contributed by atoms with Gasteiger partial charge in [0.2, 0.25) is 0 Å². The van der Waals surface area contributed by atoms with Crippen LogP contribution in [-0.2, 0) is 28.5 Å². The SMILES string of the molecule is COC1C2OC(=O)C(C2C(C)(C)O)C2(O)C3OC3C3(CC(C(C)O)C(=O)O3)C12C. The van der Waals surface area contributed by atoms with Crippen LogP contribution in [0.2, 0.25) is 0 Å². The summed E-state index contributed by atoms with van der Waals surface area (Å²) >= 11 is 0. The summed E-state index contributed by atoms with van der Waals surface area (Å²) < 4.78 is 23.1. The van der Waals surface area contributed by atoms with Crippen molar-refractivity contribution in [3.8, 4) is 0 Å². The van der Waals surface area contributed by atoms with E-state index in [1.807, 2.05) is 0 Å². The molecule has 11 unspecified atom stereocenters. The molecule has 0 radical (unpaired) electrons. The van der Waals surface area contributed by atoms with Gasteiger partial charge in [0.1, 0.15) is 30.0 Å². The van der Waals surface area contributed by atoms with Crippen LogP contribution in [0.4, 0.5) is 0 Å². The molecule has 9 heteroatoms. The molecule has 3 saturated heterocycles. The molecule has 3 N–H and O–H groups in total. The first-order valence-corrected chi connectivity index (χ1v) is 10.1. The summed E-state index contributed by atoms with van der Waals surface area (Å²) in [4.78, 5) is 25.5. The number of hydrogen-bond donors (Lipinski definition) is 3. The van der Waals surface area contributed by atoms with Crippen molar-refractivity contribution in [1.82, 2.24) is 0 Å². The Hall–Kier alpha value is -1.26. The van der Waals surface area contributed by atoms with Gasteiger partial charge in [0.05, 0.1) is 29.0 Å². The molecular formula is C20H28O9. The van der Waals surface area contributed by atoms with Crippen LogP contribution in [-0.4, -0.2) is 81.7 Å². The van der Waals surface area contributed by atoms with E-state index in [-0.39, 0.29) is 6.42 Å². The van der Waals surface area contributed by atoms with Crippen molar-refractivity contribution < 1.29 is 43.9 Å². The minimum absolute atomic E-state index is 0.143. The number of carbonyl (C=O) groups excluding carboxylic acids is 2. The quantitative estimate of drug-likeness (QED) is 0.400. The van der Waals surface area contributed by atoms with Gasteiger partial charge in [-0.25, -0.2) is 0 Å². The summed E-state index contributed by atoms with van der Waals surface area (Å²) in [7, 11) is 1.45. The summed E-state index contributed by atoms with van der Waals surface area (Å²) in [5.74, 6) is -3.71. The van der Waals surface area contributed by atoms with Crippen molar-refractivity contribution >= 4 is 11.9 Å². The number of rotatable bonds is 3. The molecule has 0 aromatic rings. The number of methoxy groups -OCH3 is 1. The Balaban J connectivity index is 1.71. The van der Waals surface area contributed by atoms with E-state index in [9.17, 15) is 24.9 Å². The molecule has 1 spiro atoms. The Kier molecular flexibility index (Phi) is 3.61. The molecule has 3 aliphatic heterocycles. The average Bonchev–Trinajstić information content (AvgIpc) is 3.20. The van der Waals surface area contributed by atoms with Crippen LogP contribution in [0.25, 0.3) is 0 Å². The van der Waals surface area contributed by atoms with Crippen LogP contribution >= 0.6 is 0 Å². The molecule has 11 atom stereocenters. The Labute approximate surface area is 168 Å². The number of aliphatic hydroxyl groups excluding tert-OH is 1. The lowest BCUT2D eigenvalue weighted by Gasteiger charge is -2.59. The van der Waals surface area contributed by atoms with Crippen molar-refractivity contribution in [2.24, 2.45) is 23.2 Å². The number of ether oxygens (including phenoxy) is 4. The van der Waals surface area contributed by atoms with Crippen molar-refractivity contribution in [3.05, 3.63) is 0 Å². The molecule has 2 saturated carbocycles. The molecule has 5 aliphatic rings. The third-order valence-corrected chi connectivity index (χ3v) is 8.42.